The fourth-order valence-corrected chi connectivity index (χ4v) is 3.37. The van der Waals surface area contributed by atoms with Crippen molar-refractivity contribution in [1.29, 1.82) is 0 Å². The summed E-state index contributed by atoms with van der Waals surface area (Å²) in [5.74, 6) is -1.84. The van der Waals surface area contributed by atoms with Gasteiger partial charge in [-0.25, -0.2) is 21.9 Å². The van der Waals surface area contributed by atoms with Crippen LogP contribution in [0.4, 0.5) is 8.78 Å². The number of hydrogen-bond donors (Lipinski definition) is 2. The smallest absolute Gasteiger partial charge is 0.243 e. The van der Waals surface area contributed by atoms with Gasteiger partial charge in [-0.1, -0.05) is 0 Å². The third-order valence-corrected chi connectivity index (χ3v) is 4.40. The minimum Gasteiger partial charge on any atom is -0.315 e. The summed E-state index contributed by atoms with van der Waals surface area (Å²) in [6.45, 7) is 2.05. The zero-order chi connectivity index (χ0) is 16.2. The molecule has 0 amide bonds. The Morgan fingerprint density at radius 3 is 2.43 bits per heavy atom. The topological polar surface area (TPSA) is 61.4 Å². The number of hydrogen-bond acceptors (Lipinski definition) is 4. The molecule has 5 nitrogen and oxygen atoms in total. The minimum atomic E-state index is -4.04. The van der Waals surface area contributed by atoms with Crippen molar-refractivity contribution >= 4 is 10.0 Å². The first kappa shape index (κ1) is 18.0. The Balaban J connectivity index is 3.11. The van der Waals surface area contributed by atoms with Gasteiger partial charge < -0.3 is 10.2 Å². The maximum atomic E-state index is 14.2. The van der Waals surface area contributed by atoms with E-state index in [1.807, 2.05) is 0 Å². The summed E-state index contributed by atoms with van der Waals surface area (Å²) in [6, 6.07) is 1.50. The second-order valence-corrected chi connectivity index (χ2v) is 6.84. The van der Waals surface area contributed by atoms with Gasteiger partial charge in [0.2, 0.25) is 10.0 Å². The standard InChI is InChI=1S/C13H21F2N3O2S/c1-9(8-18(3)4)17-21(19,20)12-6-5-11(14)10(7-16-2)13(12)15/h5-6,9,16-17H,7-8H2,1-4H3. The van der Waals surface area contributed by atoms with E-state index in [9.17, 15) is 17.2 Å². The summed E-state index contributed by atoms with van der Waals surface area (Å²) in [7, 11) is 1.09. The number of benzene rings is 1. The number of halogens is 2. The maximum absolute atomic E-state index is 14.2. The van der Waals surface area contributed by atoms with E-state index in [1.165, 1.54) is 7.05 Å². The highest BCUT2D eigenvalue weighted by Crippen LogP contribution is 2.21. The highest BCUT2D eigenvalue weighted by atomic mass is 32.2. The van der Waals surface area contributed by atoms with Crippen molar-refractivity contribution in [2.24, 2.45) is 0 Å². The van der Waals surface area contributed by atoms with Gasteiger partial charge in [-0.2, -0.15) is 0 Å². The molecule has 120 valence electrons. The molecule has 1 unspecified atom stereocenters. The molecule has 1 rings (SSSR count). The first-order chi connectivity index (χ1) is 9.69. The second kappa shape index (κ2) is 7.26. The molecule has 21 heavy (non-hydrogen) atoms. The van der Waals surface area contributed by atoms with E-state index in [2.05, 4.69) is 10.0 Å². The van der Waals surface area contributed by atoms with Crippen molar-refractivity contribution in [3.05, 3.63) is 29.3 Å². The van der Waals surface area contributed by atoms with Gasteiger partial charge in [0.1, 0.15) is 10.7 Å². The van der Waals surface area contributed by atoms with Gasteiger partial charge in [-0.15, -0.1) is 0 Å². The Bertz CT molecular complexity index is 591. The predicted molar refractivity (Wildman–Crippen MR) is 77.5 cm³/mol. The van der Waals surface area contributed by atoms with Crippen LogP contribution in [0.15, 0.2) is 17.0 Å². The lowest BCUT2D eigenvalue weighted by atomic mass is 10.2. The van der Waals surface area contributed by atoms with Crippen LogP contribution in [-0.4, -0.2) is 47.0 Å². The van der Waals surface area contributed by atoms with Crippen LogP contribution >= 0.6 is 0 Å². The van der Waals surface area contributed by atoms with Crippen LogP contribution in [0.3, 0.4) is 0 Å². The minimum absolute atomic E-state index is 0.0890. The molecule has 0 saturated carbocycles. The van der Waals surface area contributed by atoms with Gasteiger partial charge in [-0.3, -0.25) is 0 Å². The van der Waals surface area contributed by atoms with E-state index in [4.69, 9.17) is 0 Å². The molecule has 0 aliphatic carbocycles. The first-order valence-corrected chi connectivity index (χ1v) is 7.96. The third-order valence-electron chi connectivity index (χ3n) is 2.79. The van der Waals surface area contributed by atoms with Crippen LogP contribution in [0.5, 0.6) is 0 Å². The van der Waals surface area contributed by atoms with E-state index in [1.54, 1.807) is 25.9 Å². The van der Waals surface area contributed by atoms with Crippen molar-refractivity contribution in [1.82, 2.24) is 14.9 Å². The molecular formula is C13H21F2N3O2S. The molecule has 0 saturated heterocycles. The average Bonchev–Trinajstić information content (AvgIpc) is 2.32. The van der Waals surface area contributed by atoms with Crippen molar-refractivity contribution < 1.29 is 17.2 Å². The maximum Gasteiger partial charge on any atom is 0.243 e. The number of sulfonamides is 1. The van der Waals surface area contributed by atoms with Crippen LogP contribution in [0.25, 0.3) is 0 Å². The van der Waals surface area contributed by atoms with Crippen molar-refractivity contribution in [2.45, 2.75) is 24.4 Å². The molecule has 0 radical (unpaired) electrons. The van der Waals surface area contributed by atoms with Gasteiger partial charge in [-0.05, 0) is 40.2 Å². The van der Waals surface area contributed by atoms with Gasteiger partial charge in [0, 0.05) is 24.7 Å². The highest BCUT2D eigenvalue weighted by Gasteiger charge is 2.25. The zero-order valence-electron chi connectivity index (χ0n) is 12.6. The fourth-order valence-electron chi connectivity index (χ4n) is 2.04. The van der Waals surface area contributed by atoms with Gasteiger partial charge in [0.15, 0.2) is 5.82 Å². The van der Waals surface area contributed by atoms with Crippen LogP contribution in [0.1, 0.15) is 12.5 Å². The second-order valence-electron chi connectivity index (χ2n) is 5.15. The summed E-state index contributed by atoms with van der Waals surface area (Å²) >= 11 is 0. The van der Waals surface area contributed by atoms with E-state index >= 15 is 0 Å². The Hall–Kier alpha value is -1.09. The lowest BCUT2D eigenvalue weighted by Gasteiger charge is -2.19. The molecule has 0 heterocycles. The summed E-state index contributed by atoms with van der Waals surface area (Å²) in [5.41, 5.74) is -0.291. The molecule has 0 spiro atoms. The lowest BCUT2D eigenvalue weighted by Crippen LogP contribution is -2.39. The Labute approximate surface area is 124 Å². The lowest BCUT2D eigenvalue weighted by molar-refractivity contribution is 0.370. The number of nitrogens with one attached hydrogen (secondary N) is 2. The summed E-state index contributed by atoms with van der Waals surface area (Å²) in [5, 5.41) is 2.61. The Morgan fingerprint density at radius 1 is 1.29 bits per heavy atom. The molecule has 2 N–H and O–H groups in total. The van der Waals surface area contributed by atoms with Crippen molar-refractivity contribution in [3.8, 4) is 0 Å². The van der Waals surface area contributed by atoms with E-state index in [0.29, 0.717) is 6.54 Å². The predicted octanol–water partition coefficient (Wildman–Crippen LogP) is 0.913. The van der Waals surface area contributed by atoms with Gasteiger partial charge in [0.05, 0.1) is 0 Å². The fraction of sp³-hybridized carbons (Fsp3) is 0.538. The number of nitrogens with zero attached hydrogens (tertiary/aromatic N) is 1. The zero-order valence-corrected chi connectivity index (χ0v) is 13.4. The van der Waals surface area contributed by atoms with Crippen LogP contribution in [-0.2, 0) is 16.6 Å². The number of likely N-dealkylation sites (N-methyl/N-ethyl adjacent to an activating group) is 1. The molecule has 0 aliphatic heterocycles. The molecular weight excluding hydrogens is 300 g/mol. The molecule has 1 aromatic carbocycles. The van der Waals surface area contributed by atoms with Crippen LogP contribution in [0, 0.1) is 11.6 Å². The highest BCUT2D eigenvalue weighted by molar-refractivity contribution is 7.89. The first-order valence-electron chi connectivity index (χ1n) is 6.47. The van der Waals surface area contributed by atoms with E-state index < -0.39 is 32.6 Å². The SMILES string of the molecule is CNCc1c(F)ccc(S(=O)(=O)NC(C)CN(C)C)c1F. The number of rotatable bonds is 7. The molecule has 1 atom stereocenters. The van der Waals surface area contributed by atoms with Crippen molar-refractivity contribution in [3.63, 3.8) is 0 Å². The third kappa shape index (κ3) is 4.70. The average molecular weight is 321 g/mol. The summed E-state index contributed by atoms with van der Waals surface area (Å²) in [6.07, 6.45) is 0. The van der Waals surface area contributed by atoms with Crippen LogP contribution < -0.4 is 10.0 Å². The Morgan fingerprint density at radius 2 is 1.90 bits per heavy atom. The summed E-state index contributed by atoms with van der Waals surface area (Å²) in [4.78, 5) is 1.26. The van der Waals surface area contributed by atoms with Crippen LogP contribution in [0.2, 0.25) is 0 Å². The molecule has 0 aromatic heterocycles. The normalized spacial score (nSPS) is 13.7. The Kier molecular flexibility index (Phi) is 6.21. The largest absolute Gasteiger partial charge is 0.315 e. The molecule has 0 aliphatic rings. The molecule has 8 heteroatoms. The molecule has 0 bridgehead atoms. The van der Waals surface area contributed by atoms with Gasteiger partial charge in [0.25, 0.3) is 0 Å². The van der Waals surface area contributed by atoms with Crippen molar-refractivity contribution in [2.75, 3.05) is 27.7 Å². The summed E-state index contributed by atoms with van der Waals surface area (Å²) < 4.78 is 54.5. The van der Waals surface area contributed by atoms with Gasteiger partial charge >= 0.3 is 0 Å². The van der Waals surface area contributed by atoms with E-state index in [0.717, 1.165) is 12.1 Å². The molecule has 0 fully saturated rings. The molecule has 1 aromatic rings. The van der Waals surface area contributed by atoms with E-state index in [-0.39, 0.29) is 12.1 Å². The monoisotopic (exact) mass is 321 g/mol. The quantitative estimate of drug-likeness (QED) is 0.784.